The molecule has 0 radical (unpaired) electrons. The van der Waals surface area contributed by atoms with Crippen molar-refractivity contribution >= 4 is 5.97 Å². The van der Waals surface area contributed by atoms with Crippen LogP contribution >= 0.6 is 0 Å². The second-order valence-corrected chi connectivity index (χ2v) is 3.72. The zero-order chi connectivity index (χ0) is 10.4. The molecule has 78 valence electrons. The molecule has 5 heteroatoms. The van der Waals surface area contributed by atoms with E-state index in [1.165, 1.54) is 0 Å². The van der Waals surface area contributed by atoms with E-state index in [9.17, 15) is 18.0 Å². The van der Waals surface area contributed by atoms with Gasteiger partial charge in [0.15, 0.2) is 0 Å². The van der Waals surface area contributed by atoms with Gasteiger partial charge in [-0.2, -0.15) is 13.2 Å². The Hall–Kier alpha value is -1.00. The number of ether oxygens (including phenoxy) is 1. The van der Waals surface area contributed by atoms with Crippen molar-refractivity contribution in [2.24, 2.45) is 0 Å². The predicted octanol–water partition coefficient (Wildman–Crippen LogP) is 2.34. The maximum atomic E-state index is 12.3. The number of alkyl halides is 3. The number of carbonyl (C=O) groups excluding carboxylic acids is 1. The number of esters is 1. The lowest BCUT2D eigenvalue weighted by Gasteiger charge is -2.18. The fraction of sp³-hybridized carbons (Fsp3) is 0.667. The average molecular weight is 206 g/mol. The molecule has 1 fully saturated rings. The molecule has 1 aliphatic carbocycles. The van der Waals surface area contributed by atoms with Crippen molar-refractivity contribution < 1.29 is 22.7 Å². The van der Waals surface area contributed by atoms with Gasteiger partial charge in [-0.3, -0.25) is 0 Å². The highest BCUT2D eigenvalue weighted by atomic mass is 19.4. The Morgan fingerprint density at radius 3 is 2.29 bits per heavy atom. The first-order valence-electron chi connectivity index (χ1n) is 4.46. The van der Waals surface area contributed by atoms with Crippen LogP contribution in [0, 0.1) is 0 Å². The van der Waals surface area contributed by atoms with E-state index in [1.54, 1.807) is 0 Å². The van der Waals surface area contributed by atoms with Crippen LogP contribution in [0.5, 0.6) is 0 Å². The van der Waals surface area contributed by atoms with Gasteiger partial charge >= 0.3 is 12.1 Å². The Bertz CT molecular complexity index is 298. The van der Waals surface area contributed by atoms with E-state index in [4.69, 9.17) is 4.74 Å². The van der Waals surface area contributed by atoms with Gasteiger partial charge in [0, 0.05) is 0 Å². The van der Waals surface area contributed by atoms with E-state index in [0.29, 0.717) is 12.8 Å². The van der Waals surface area contributed by atoms with Crippen LogP contribution in [0.15, 0.2) is 11.6 Å². The Kier molecular flexibility index (Phi) is 1.87. The zero-order valence-corrected chi connectivity index (χ0v) is 7.36. The Morgan fingerprint density at radius 1 is 1.29 bits per heavy atom. The third-order valence-electron chi connectivity index (χ3n) is 2.68. The maximum Gasteiger partial charge on any atom is 0.423 e. The van der Waals surface area contributed by atoms with Crippen molar-refractivity contribution in [2.45, 2.75) is 37.5 Å². The van der Waals surface area contributed by atoms with Crippen molar-refractivity contribution in [3.63, 3.8) is 0 Å². The molecule has 1 aliphatic heterocycles. The molecule has 2 nitrogen and oxygen atoms in total. The van der Waals surface area contributed by atoms with Crippen molar-refractivity contribution in [1.29, 1.82) is 0 Å². The molecule has 1 saturated carbocycles. The minimum atomic E-state index is -4.58. The summed E-state index contributed by atoms with van der Waals surface area (Å²) in [5, 5.41) is 0. The lowest BCUT2D eigenvalue weighted by Crippen LogP contribution is -2.23. The van der Waals surface area contributed by atoms with Gasteiger partial charge < -0.3 is 4.74 Å². The first-order valence-corrected chi connectivity index (χ1v) is 4.46. The molecule has 0 aromatic heterocycles. The SMILES string of the molecule is O=C1OC2(C=C1C(F)(F)F)CCCC2. The second-order valence-electron chi connectivity index (χ2n) is 3.72. The summed E-state index contributed by atoms with van der Waals surface area (Å²) in [6.45, 7) is 0. The van der Waals surface area contributed by atoms with Crippen LogP contribution in [-0.4, -0.2) is 17.7 Å². The third-order valence-corrected chi connectivity index (χ3v) is 2.68. The van der Waals surface area contributed by atoms with E-state index in [0.717, 1.165) is 18.9 Å². The standard InChI is InChI=1S/C9H9F3O2/c10-9(11,12)6-5-8(14-7(6)13)3-1-2-4-8/h5H,1-4H2. The quantitative estimate of drug-likeness (QED) is 0.568. The summed E-state index contributed by atoms with van der Waals surface area (Å²) in [6.07, 6.45) is -0.966. The molecule has 0 aromatic rings. The summed E-state index contributed by atoms with van der Waals surface area (Å²) >= 11 is 0. The lowest BCUT2D eigenvalue weighted by molar-refractivity contribution is -0.154. The minimum absolute atomic E-state index is 0.512. The van der Waals surface area contributed by atoms with Gasteiger partial charge in [0.2, 0.25) is 0 Å². The number of halogens is 3. The van der Waals surface area contributed by atoms with Gasteiger partial charge in [0.1, 0.15) is 11.2 Å². The Labute approximate surface area is 78.7 Å². The van der Waals surface area contributed by atoms with Crippen molar-refractivity contribution in [3.05, 3.63) is 11.6 Å². The normalized spacial score (nSPS) is 25.4. The number of hydrogen-bond donors (Lipinski definition) is 0. The van der Waals surface area contributed by atoms with Crippen LogP contribution in [0.2, 0.25) is 0 Å². The van der Waals surface area contributed by atoms with E-state index >= 15 is 0 Å². The number of carbonyl (C=O) groups is 1. The molecule has 0 atom stereocenters. The predicted molar refractivity (Wildman–Crippen MR) is 41.4 cm³/mol. The van der Waals surface area contributed by atoms with Gasteiger partial charge in [-0.05, 0) is 31.8 Å². The summed E-state index contributed by atoms with van der Waals surface area (Å²) < 4.78 is 41.6. The summed E-state index contributed by atoms with van der Waals surface area (Å²) in [5.41, 5.74) is -2.08. The zero-order valence-electron chi connectivity index (χ0n) is 7.36. The lowest BCUT2D eigenvalue weighted by atomic mass is 10.0. The van der Waals surface area contributed by atoms with Gasteiger partial charge in [-0.15, -0.1) is 0 Å². The molecule has 2 rings (SSSR count). The highest BCUT2D eigenvalue weighted by Gasteiger charge is 2.51. The minimum Gasteiger partial charge on any atom is -0.451 e. The smallest absolute Gasteiger partial charge is 0.423 e. The molecule has 2 aliphatic rings. The Balaban J connectivity index is 2.30. The van der Waals surface area contributed by atoms with Crippen LogP contribution in [0.4, 0.5) is 13.2 Å². The van der Waals surface area contributed by atoms with Gasteiger partial charge in [-0.25, -0.2) is 4.79 Å². The monoisotopic (exact) mass is 206 g/mol. The summed E-state index contributed by atoms with van der Waals surface area (Å²) in [5.74, 6) is -1.22. The van der Waals surface area contributed by atoms with Gasteiger partial charge in [-0.1, -0.05) is 0 Å². The highest BCUT2D eigenvalue weighted by molar-refractivity contribution is 5.93. The maximum absolute atomic E-state index is 12.3. The molecule has 0 unspecified atom stereocenters. The van der Waals surface area contributed by atoms with Crippen LogP contribution in [-0.2, 0) is 9.53 Å². The molecule has 0 saturated heterocycles. The van der Waals surface area contributed by atoms with Crippen LogP contribution in [0.25, 0.3) is 0 Å². The van der Waals surface area contributed by atoms with Crippen molar-refractivity contribution in [3.8, 4) is 0 Å². The number of rotatable bonds is 0. The largest absolute Gasteiger partial charge is 0.451 e. The van der Waals surface area contributed by atoms with E-state index in [1.807, 2.05) is 0 Å². The topological polar surface area (TPSA) is 26.3 Å². The van der Waals surface area contributed by atoms with Crippen molar-refractivity contribution in [2.75, 3.05) is 0 Å². The highest BCUT2D eigenvalue weighted by Crippen LogP contribution is 2.43. The summed E-state index contributed by atoms with van der Waals surface area (Å²) in [7, 11) is 0. The first-order chi connectivity index (χ1) is 6.43. The van der Waals surface area contributed by atoms with E-state index < -0.39 is 23.3 Å². The summed E-state index contributed by atoms with van der Waals surface area (Å²) in [4.78, 5) is 11.0. The van der Waals surface area contributed by atoms with Gasteiger partial charge in [0.25, 0.3) is 0 Å². The number of hydrogen-bond acceptors (Lipinski definition) is 2. The fourth-order valence-corrected chi connectivity index (χ4v) is 2.01. The van der Waals surface area contributed by atoms with Crippen LogP contribution in [0.1, 0.15) is 25.7 Å². The molecule has 1 spiro atoms. The molecular formula is C9H9F3O2. The second kappa shape index (κ2) is 2.74. The molecule has 0 N–H and O–H groups in total. The first kappa shape index (κ1) is 9.55. The van der Waals surface area contributed by atoms with Crippen LogP contribution < -0.4 is 0 Å². The van der Waals surface area contributed by atoms with Crippen LogP contribution in [0.3, 0.4) is 0 Å². The van der Waals surface area contributed by atoms with E-state index in [2.05, 4.69) is 0 Å². The molecular weight excluding hydrogens is 197 g/mol. The molecule has 0 aromatic carbocycles. The Morgan fingerprint density at radius 2 is 1.86 bits per heavy atom. The third kappa shape index (κ3) is 1.40. The summed E-state index contributed by atoms with van der Waals surface area (Å²) in [6, 6.07) is 0. The molecule has 14 heavy (non-hydrogen) atoms. The molecule has 0 bridgehead atoms. The molecule has 1 heterocycles. The van der Waals surface area contributed by atoms with E-state index in [-0.39, 0.29) is 0 Å². The average Bonchev–Trinajstić information content (AvgIpc) is 2.59. The van der Waals surface area contributed by atoms with Crippen molar-refractivity contribution in [1.82, 2.24) is 0 Å². The fourth-order valence-electron chi connectivity index (χ4n) is 2.01. The molecule has 0 amide bonds. The van der Waals surface area contributed by atoms with Gasteiger partial charge in [0.05, 0.1) is 0 Å².